The number of aromatic nitrogens is 1. The first-order valence-corrected chi connectivity index (χ1v) is 5.11. The highest BCUT2D eigenvalue weighted by atomic mass is 16.3. The molecule has 0 aliphatic heterocycles. The maximum atomic E-state index is 8.83. The number of pyridine rings is 1. The van der Waals surface area contributed by atoms with E-state index in [1.807, 2.05) is 12.1 Å². The van der Waals surface area contributed by atoms with Crippen molar-refractivity contribution in [1.82, 2.24) is 4.98 Å². The lowest BCUT2D eigenvalue weighted by atomic mass is 10.0. The molecule has 0 radical (unpaired) electrons. The number of nitrogens with two attached hydrogens (primary N) is 1. The minimum absolute atomic E-state index is 0.00184. The van der Waals surface area contributed by atoms with Crippen molar-refractivity contribution in [3.05, 3.63) is 29.6 Å². The summed E-state index contributed by atoms with van der Waals surface area (Å²) in [6.45, 7) is -0.00184. The summed E-state index contributed by atoms with van der Waals surface area (Å²) in [6, 6.07) is 3.91. The van der Waals surface area contributed by atoms with Crippen LogP contribution < -0.4 is 5.73 Å². The smallest absolute Gasteiger partial charge is 0.0852 e. The minimum atomic E-state index is -0.00184. The first-order chi connectivity index (χ1) is 6.79. The van der Waals surface area contributed by atoms with Crippen LogP contribution in [0, 0.1) is 5.92 Å². The van der Waals surface area contributed by atoms with Crippen LogP contribution in [0.5, 0.6) is 0 Å². The van der Waals surface area contributed by atoms with Gasteiger partial charge in [0.2, 0.25) is 0 Å². The van der Waals surface area contributed by atoms with E-state index in [9.17, 15) is 0 Å². The molecule has 1 fully saturated rings. The van der Waals surface area contributed by atoms with Crippen LogP contribution in [0.4, 0.5) is 0 Å². The molecular weight excluding hydrogens is 176 g/mol. The lowest BCUT2D eigenvalue weighted by Gasteiger charge is -2.10. The maximum absolute atomic E-state index is 8.83. The normalized spacial score (nSPS) is 18.1. The van der Waals surface area contributed by atoms with Gasteiger partial charge in [0.1, 0.15) is 0 Å². The largest absolute Gasteiger partial charge is 0.390 e. The minimum Gasteiger partial charge on any atom is -0.390 e. The van der Waals surface area contributed by atoms with Crippen molar-refractivity contribution in [2.75, 3.05) is 0 Å². The molecule has 0 spiro atoms. The van der Waals surface area contributed by atoms with Crippen LogP contribution in [0.25, 0.3) is 0 Å². The van der Waals surface area contributed by atoms with Crippen molar-refractivity contribution in [3.8, 4) is 0 Å². The van der Waals surface area contributed by atoms with Crippen molar-refractivity contribution in [2.24, 2.45) is 11.7 Å². The van der Waals surface area contributed by atoms with E-state index < -0.39 is 0 Å². The maximum Gasteiger partial charge on any atom is 0.0852 e. The number of hydrogen-bond donors (Lipinski definition) is 2. The van der Waals surface area contributed by atoms with Gasteiger partial charge in [0, 0.05) is 12.2 Å². The molecule has 1 saturated carbocycles. The van der Waals surface area contributed by atoms with E-state index in [1.165, 1.54) is 12.8 Å². The van der Waals surface area contributed by atoms with Gasteiger partial charge in [0.05, 0.1) is 12.3 Å². The Labute approximate surface area is 84.0 Å². The number of rotatable bonds is 4. The van der Waals surface area contributed by atoms with E-state index in [2.05, 4.69) is 4.98 Å². The summed E-state index contributed by atoms with van der Waals surface area (Å²) in [5.41, 5.74) is 7.80. The third kappa shape index (κ3) is 2.30. The molecule has 2 rings (SSSR count). The van der Waals surface area contributed by atoms with Crippen LogP contribution in [0.15, 0.2) is 18.3 Å². The zero-order chi connectivity index (χ0) is 9.97. The second-order valence-electron chi connectivity index (χ2n) is 4.03. The van der Waals surface area contributed by atoms with Crippen LogP contribution in [-0.2, 0) is 6.61 Å². The first kappa shape index (κ1) is 9.62. The monoisotopic (exact) mass is 192 g/mol. The summed E-state index contributed by atoms with van der Waals surface area (Å²) in [4.78, 5) is 4.12. The van der Waals surface area contributed by atoms with Gasteiger partial charge in [0.25, 0.3) is 0 Å². The molecule has 1 atom stereocenters. The SMILES string of the molecule is N[C@H](CC1CC1)c1ccc(CO)nc1. The molecule has 1 aromatic heterocycles. The summed E-state index contributed by atoms with van der Waals surface area (Å²) in [6.07, 6.45) is 5.50. The highest BCUT2D eigenvalue weighted by Gasteiger charge is 2.24. The Morgan fingerprint density at radius 3 is 2.79 bits per heavy atom. The number of aliphatic hydroxyl groups excluding tert-OH is 1. The van der Waals surface area contributed by atoms with E-state index in [0.29, 0.717) is 5.69 Å². The first-order valence-electron chi connectivity index (χ1n) is 5.11. The van der Waals surface area contributed by atoms with Crippen molar-refractivity contribution in [1.29, 1.82) is 0 Å². The summed E-state index contributed by atoms with van der Waals surface area (Å²) in [5, 5.41) is 8.83. The molecule has 3 N–H and O–H groups in total. The fraction of sp³-hybridized carbons (Fsp3) is 0.545. The zero-order valence-corrected chi connectivity index (χ0v) is 8.19. The summed E-state index contributed by atoms with van der Waals surface area (Å²) in [7, 11) is 0. The number of aliphatic hydroxyl groups is 1. The molecule has 3 nitrogen and oxygen atoms in total. The Kier molecular flexibility index (Phi) is 2.79. The van der Waals surface area contributed by atoms with Crippen LogP contribution >= 0.6 is 0 Å². The molecule has 3 heteroatoms. The second-order valence-corrected chi connectivity index (χ2v) is 4.03. The van der Waals surface area contributed by atoms with Crippen molar-refractivity contribution < 1.29 is 5.11 Å². The van der Waals surface area contributed by atoms with Crippen molar-refractivity contribution >= 4 is 0 Å². The Balaban J connectivity index is 1.99. The molecule has 0 unspecified atom stereocenters. The van der Waals surface area contributed by atoms with Gasteiger partial charge >= 0.3 is 0 Å². The van der Waals surface area contributed by atoms with Crippen LogP contribution in [0.1, 0.15) is 36.6 Å². The van der Waals surface area contributed by atoms with Gasteiger partial charge in [-0.15, -0.1) is 0 Å². The van der Waals surface area contributed by atoms with Crippen molar-refractivity contribution in [3.63, 3.8) is 0 Å². The summed E-state index contributed by atoms with van der Waals surface area (Å²) in [5.74, 6) is 0.836. The Hall–Kier alpha value is -0.930. The second kappa shape index (κ2) is 4.07. The highest BCUT2D eigenvalue weighted by Crippen LogP contribution is 2.36. The lowest BCUT2D eigenvalue weighted by molar-refractivity contribution is 0.277. The highest BCUT2D eigenvalue weighted by molar-refractivity contribution is 5.17. The number of nitrogens with zero attached hydrogens (tertiary/aromatic N) is 1. The van der Waals surface area contributed by atoms with E-state index in [4.69, 9.17) is 10.8 Å². The lowest BCUT2D eigenvalue weighted by Crippen LogP contribution is -2.11. The van der Waals surface area contributed by atoms with Gasteiger partial charge in [-0.3, -0.25) is 4.98 Å². The van der Waals surface area contributed by atoms with Crippen LogP contribution in [-0.4, -0.2) is 10.1 Å². The molecular formula is C11H16N2O. The molecule has 1 aromatic rings. The summed E-state index contributed by atoms with van der Waals surface area (Å²) < 4.78 is 0. The van der Waals surface area contributed by atoms with Gasteiger partial charge in [-0.2, -0.15) is 0 Å². The molecule has 76 valence electrons. The molecule has 0 amide bonds. The topological polar surface area (TPSA) is 59.1 Å². The Morgan fingerprint density at radius 1 is 1.50 bits per heavy atom. The van der Waals surface area contributed by atoms with Gasteiger partial charge < -0.3 is 10.8 Å². The molecule has 1 heterocycles. The van der Waals surface area contributed by atoms with E-state index in [0.717, 1.165) is 17.9 Å². The van der Waals surface area contributed by atoms with Gasteiger partial charge in [0.15, 0.2) is 0 Å². The fourth-order valence-corrected chi connectivity index (χ4v) is 1.60. The average Bonchev–Trinajstić information content (AvgIpc) is 3.02. The predicted molar refractivity (Wildman–Crippen MR) is 54.4 cm³/mol. The van der Waals surface area contributed by atoms with Gasteiger partial charge in [-0.05, 0) is 24.0 Å². The molecule has 1 aliphatic rings. The Morgan fingerprint density at radius 2 is 2.29 bits per heavy atom. The molecule has 14 heavy (non-hydrogen) atoms. The fourth-order valence-electron chi connectivity index (χ4n) is 1.60. The Bertz CT molecular complexity index is 293. The van der Waals surface area contributed by atoms with E-state index >= 15 is 0 Å². The van der Waals surface area contributed by atoms with Crippen LogP contribution in [0.2, 0.25) is 0 Å². The standard InChI is InChI=1S/C11H16N2O/c12-11(5-8-1-2-8)9-3-4-10(7-14)13-6-9/h3-4,6,8,11,14H,1-2,5,7,12H2/t11-/m1/s1. The average molecular weight is 192 g/mol. The number of hydrogen-bond acceptors (Lipinski definition) is 3. The zero-order valence-electron chi connectivity index (χ0n) is 8.19. The molecule has 0 saturated heterocycles. The van der Waals surface area contributed by atoms with E-state index in [-0.39, 0.29) is 12.6 Å². The van der Waals surface area contributed by atoms with Crippen molar-refractivity contribution in [2.45, 2.75) is 31.9 Å². The predicted octanol–water partition coefficient (Wildman–Crippen LogP) is 1.37. The van der Waals surface area contributed by atoms with Crippen LogP contribution in [0.3, 0.4) is 0 Å². The summed E-state index contributed by atoms with van der Waals surface area (Å²) >= 11 is 0. The third-order valence-corrected chi connectivity index (χ3v) is 2.72. The molecule has 1 aliphatic carbocycles. The van der Waals surface area contributed by atoms with Gasteiger partial charge in [-0.1, -0.05) is 18.9 Å². The van der Waals surface area contributed by atoms with Gasteiger partial charge in [-0.25, -0.2) is 0 Å². The quantitative estimate of drug-likeness (QED) is 0.757. The molecule has 0 aromatic carbocycles. The molecule has 0 bridgehead atoms. The van der Waals surface area contributed by atoms with E-state index in [1.54, 1.807) is 6.20 Å². The third-order valence-electron chi connectivity index (χ3n) is 2.72.